The molecule has 0 aliphatic rings. The molecule has 280 valence electrons. The van der Waals surface area contributed by atoms with Crippen molar-refractivity contribution in [2.75, 3.05) is 34.0 Å². The predicted molar refractivity (Wildman–Crippen MR) is 197 cm³/mol. The van der Waals surface area contributed by atoms with E-state index in [2.05, 4.69) is 19.2 Å². The van der Waals surface area contributed by atoms with Gasteiger partial charge in [-0.25, -0.2) is 0 Å². The number of nitrogens with two attached hydrogens (primary N) is 3. The first-order chi connectivity index (χ1) is 23.6. The van der Waals surface area contributed by atoms with E-state index in [1.807, 2.05) is 62.4 Å². The van der Waals surface area contributed by atoms with E-state index in [4.69, 9.17) is 36.1 Å². The number of esters is 1. The lowest BCUT2D eigenvalue weighted by atomic mass is 9.80. The van der Waals surface area contributed by atoms with Crippen LogP contribution in [-0.2, 0) is 36.7 Å². The molecule has 0 radical (unpaired) electrons. The van der Waals surface area contributed by atoms with Crippen LogP contribution in [0.2, 0.25) is 0 Å². The van der Waals surface area contributed by atoms with Crippen molar-refractivity contribution in [1.82, 2.24) is 5.32 Å². The van der Waals surface area contributed by atoms with Gasteiger partial charge in [-0.15, -0.1) is 0 Å². The van der Waals surface area contributed by atoms with Crippen molar-refractivity contribution in [1.29, 1.82) is 0 Å². The first-order valence-corrected chi connectivity index (χ1v) is 17.7. The van der Waals surface area contributed by atoms with Crippen molar-refractivity contribution in [2.45, 2.75) is 91.8 Å². The molecule has 0 aliphatic heterocycles. The number of primary amides is 1. The van der Waals surface area contributed by atoms with Crippen molar-refractivity contribution >= 4 is 17.8 Å². The highest BCUT2D eigenvalue weighted by Crippen LogP contribution is 2.32. The Labute approximate surface area is 299 Å². The Hall–Kier alpha value is -3.67. The topological polar surface area (TPSA) is 178 Å². The third kappa shape index (κ3) is 13.9. The highest BCUT2D eigenvalue weighted by molar-refractivity contribution is 5.83. The number of benzene rings is 2. The minimum absolute atomic E-state index is 0.0816. The van der Waals surface area contributed by atoms with E-state index in [1.54, 1.807) is 28.1 Å². The Bertz CT molecular complexity index is 1330. The monoisotopic (exact) mass is 698 g/mol. The van der Waals surface area contributed by atoms with Crippen LogP contribution in [0.15, 0.2) is 48.5 Å². The summed E-state index contributed by atoms with van der Waals surface area (Å²) in [5.74, 6) is -0.330. The Balaban J connectivity index is 2.32. The van der Waals surface area contributed by atoms with E-state index < -0.39 is 41.4 Å². The molecule has 11 nitrogen and oxygen atoms in total. The van der Waals surface area contributed by atoms with Gasteiger partial charge in [0.15, 0.2) is 11.5 Å². The van der Waals surface area contributed by atoms with Gasteiger partial charge in [0.05, 0.1) is 19.1 Å². The lowest BCUT2D eigenvalue weighted by molar-refractivity contribution is -0.154. The fourth-order valence-electron chi connectivity index (χ4n) is 5.70. The van der Waals surface area contributed by atoms with Gasteiger partial charge in [-0.2, -0.15) is 0 Å². The molecule has 2 amide bonds. The summed E-state index contributed by atoms with van der Waals surface area (Å²) < 4.78 is 22.8. The molecule has 2 aromatic rings. The van der Waals surface area contributed by atoms with Crippen LogP contribution in [0.5, 0.6) is 11.5 Å². The number of hydrogen-bond donors (Lipinski definition) is 4. The second kappa shape index (κ2) is 20.9. The summed E-state index contributed by atoms with van der Waals surface area (Å²) in [7, 11) is 3.27. The second-order valence-corrected chi connectivity index (χ2v) is 14.6. The number of methoxy groups -OCH3 is 2. The molecule has 0 aromatic heterocycles. The number of nitrogens with one attached hydrogen (secondary N) is 1. The van der Waals surface area contributed by atoms with Gasteiger partial charge < -0.3 is 41.5 Å². The number of carbonyl (C=O) groups is 3. The first kappa shape index (κ1) is 42.5. The average Bonchev–Trinajstić information content (AvgIpc) is 3.07. The zero-order valence-corrected chi connectivity index (χ0v) is 31.4. The van der Waals surface area contributed by atoms with Crippen LogP contribution in [0.25, 0.3) is 0 Å². The quantitative estimate of drug-likeness (QED) is 0.0967. The minimum Gasteiger partial charge on any atom is -0.493 e. The van der Waals surface area contributed by atoms with Gasteiger partial charge in [0.25, 0.3) is 0 Å². The van der Waals surface area contributed by atoms with Gasteiger partial charge in [0.1, 0.15) is 12.1 Å². The second-order valence-electron chi connectivity index (χ2n) is 14.6. The summed E-state index contributed by atoms with van der Waals surface area (Å²) in [5, 5.41) is 2.89. The summed E-state index contributed by atoms with van der Waals surface area (Å²) in [6, 6.07) is 13.9. The van der Waals surface area contributed by atoms with Crippen molar-refractivity contribution in [3.05, 3.63) is 59.7 Å². The lowest BCUT2D eigenvalue weighted by Crippen LogP contribution is -2.48. The standard InChI is InChI=1S/C39H62N4O7/c1-25(2)29(19-28-15-16-33(48-8)35(21-28)49-18-12-17-47-7)22-31(40)34(50-37(45)32(41)20-27-13-10-9-11-14-27)23-30(26(3)4)36(44)43-24-39(5,6)38(42)46/h9-11,13-16,21,25-26,29-32,34H,12,17-20,22-24,40-41H2,1-8H3,(H2,42,46)(H,43,44)/t29-,30+,31?,32-,34-/m0/s1. The van der Waals surface area contributed by atoms with Crippen LogP contribution in [0.3, 0.4) is 0 Å². The van der Waals surface area contributed by atoms with Crippen molar-refractivity contribution < 1.29 is 33.3 Å². The fraction of sp³-hybridized carbons (Fsp3) is 0.615. The summed E-state index contributed by atoms with van der Waals surface area (Å²) >= 11 is 0. The highest BCUT2D eigenvalue weighted by Gasteiger charge is 2.35. The molecule has 1 unspecified atom stereocenters. The largest absolute Gasteiger partial charge is 0.493 e. The minimum atomic E-state index is -0.926. The number of rotatable bonds is 23. The lowest BCUT2D eigenvalue weighted by Gasteiger charge is -2.33. The van der Waals surface area contributed by atoms with Gasteiger partial charge in [-0.3, -0.25) is 14.4 Å². The molecule has 0 heterocycles. The van der Waals surface area contributed by atoms with Crippen LogP contribution < -0.4 is 32.0 Å². The SMILES string of the molecule is COCCCOc1cc(C[C@@H](CC(N)[C@H](C[C@@H](C(=O)NCC(C)(C)C(N)=O)C(C)C)OC(=O)[C@@H](N)Cc2ccccc2)C(C)C)ccc1OC. The molecule has 7 N–H and O–H groups in total. The van der Waals surface area contributed by atoms with Crippen LogP contribution >= 0.6 is 0 Å². The highest BCUT2D eigenvalue weighted by atomic mass is 16.5. The van der Waals surface area contributed by atoms with Gasteiger partial charge in [0.2, 0.25) is 11.8 Å². The summed E-state index contributed by atoms with van der Waals surface area (Å²) in [5.41, 5.74) is 19.9. The van der Waals surface area contributed by atoms with Crippen LogP contribution in [0, 0.1) is 29.1 Å². The molecule has 5 atom stereocenters. The van der Waals surface area contributed by atoms with Gasteiger partial charge >= 0.3 is 5.97 Å². The molecule has 0 aliphatic carbocycles. The molecule has 0 bridgehead atoms. The van der Waals surface area contributed by atoms with Crippen LogP contribution in [-0.4, -0.2) is 69.9 Å². The maximum Gasteiger partial charge on any atom is 0.323 e. The van der Waals surface area contributed by atoms with E-state index in [0.717, 1.165) is 17.5 Å². The summed E-state index contributed by atoms with van der Waals surface area (Å²) in [6.45, 7) is 12.7. The Morgan fingerprint density at radius 2 is 1.52 bits per heavy atom. The first-order valence-electron chi connectivity index (χ1n) is 17.7. The van der Waals surface area contributed by atoms with E-state index in [-0.39, 0.29) is 36.6 Å². The molecule has 2 aromatic carbocycles. The fourth-order valence-corrected chi connectivity index (χ4v) is 5.70. The predicted octanol–water partition coefficient (Wildman–Crippen LogP) is 4.41. The number of ether oxygens (including phenoxy) is 4. The van der Waals surface area contributed by atoms with E-state index in [0.29, 0.717) is 44.0 Å². The molecule has 0 spiro atoms. The smallest absolute Gasteiger partial charge is 0.323 e. The third-order valence-corrected chi connectivity index (χ3v) is 9.34. The van der Waals surface area contributed by atoms with Gasteiger partial charge in [-0.05, 0) is 80.5 Å². The van der Waals surface area contributed by atoms with Gasteiger partial charge in [-0.1, -0.05) is 64.1 Å². The van der Waals surface area contributed by atoms with Crippen molar-refractivity contribution in [2.24, 2.45) is 46.3 Å². The van der Waals surface area contributed by atoms with E-state index in [1.165, 1.54) is 0 Å². The molecule has 11 heteroatoms. The molecule has 0 saturated carbocycles. The maximum absolute atomic E-state index is 13.5. The van der Waals surface area contributed by atoms with Crippen LogP contribution in [0.4, 0.5) is 0 Å². The van der Waals surface area contributed by atoms with Crippen molar-refractivity contribution in [3.8, 4) is 11.5 Å². The number of amides is 2. The van der Waals surface area contributed by atoms with Crippen molar-refractivity contribution in [3.63, 3.8) is 0 Å². The van der Waals surface area contributed by atoms with Crippen LogP contribution in [0.1, 0.15) is 71.9 Å². The summed E-state index contributed by atoms with van der Waals surface area (Å²) in [4.78, 5) is 38.9. The number of hydrogen-bond acceptors (Lipinski definition) is 9. The zero-order valence-electron chi connectivity index (χ0n) is 31.4. The maximum atomic E-state index is 13.5. The molecule has 0 fully saturated rings. The summed E-state index contributed by atoms with van der Waals surface area (Å²) in [6.07, 6.45) is 1.69. The Morgan fingerprint density at radius 3 is 2.10 bits per heavy atom. The normalized spacial score (nSPS) is 14.8. The molecule has 50 heavy (non-hydrogen) atoms. The Morgan fingerprint density at radius 1 is 0.840 bits per heavy atom. The zero-order chi connectivity index (χ0) is 37.4. The third-order valence-electron chi connectivity index (χ3n) is 9.34. The molecular formula is C39H62N4O7. The Kier molecular flexibility index (Phi) is 17.7. The van der Waals surface area contributed by atoms with E-state index in [9.17, 15) is 14.4 Å². The molecule has 2 rings (SSSR count). The van der Waals surface area contributed by atoms with E-state index >= 15 is 0 Å². The molecule has 0 saturated heterocycles. The number of carbonyl (C=O) groups excluding carboxylic acids is 3. The average molecular weight is 699 g/mol. The molecular weight excluding hydrogens is 636 g/mol. The van der Waals surface area contributed by atoms with Gasteiger partial charge in [0, 0.05) is 38.6 Å².